The molecule has 1 aliphatic rings. The van der Waals surface area contributed by atoms with Crippen molar-refractivity contribution in [1.82, 2.24) is 5.32 Å². The van der Waals surface area contributed by atoms with E-state index in [0.29, 0.717) is 6.54 Å². The first-order valence-electron chi connectivity index (χ1n) is 7.55. The van der Waals surface area contributed by atoms with Crippen molar-refractivity contribution in [2.75, 3.05) is 21.0 Å². The van der Waals surface area contributed by atoms with Crippen LogP contribution in [0.1, 0.15) is 24.1 Å². The molecule has 122 valence electrons. The van der Waals surface area contributed by atoms with Crippen LogP contribution in [0.3, 0.4) is 0 Å². The van der Waals surface area contributed by atoms with Gasteiger partial charge in [-0.05, 0) is 30.7 Å². The number of hydrogen-bond acceptors (Lipinski definition) is 5. The van der Waals surface area contributed by atoms with E-state index in [1.54, 1.807) is 14.2 Å². The molecule has 0 amide bonds. The molecule has 3 rings (SSSR count). The zero-order chi connectivity index (χ0) is 16.2. The van der Waals surface area contributed by atoms with Crippen LogP contribution in [0.2, 0.25) is 0 Å². The number of rotatable bonds is 6. The molecule has 23 heavy (non-hydrogen) atoms. The summed E-state index contributed by atoms with van der Waals surface area (Å²) in [6.07, 6.45) is 0. The van der Waals surface area contributed by atoms with Gasteiger partial charge in [0.05, 0.1) is 14.2 Å². The van der Waals surface area contributed by atoms with Gasteiger partial charge in [-0.15, -0.1) is 0 Å². The highest BCUT2D eigenvalue weighted by Crippen LogP contribution is 2.35. The second-order valence-electron chi connectivity index (χ2n) is 5.37. The highest BCUT2D eigenvalue weighted by atomic mass is 16.7. The minimum absolute atomic E-state index is 0.160. The van der Waals surface area contributed by atoms with Crippen LogP contribution in [0.5, 0.6) is 23.0 Å². The Balaban J connectivity index is 1.70. The Morgan fingerprint density at radius 1 is 1.09 bits per heavy atom. The molecule has 2 aromatic rings. The van der Waals surface area contributed by atoms with E-state index in [1.165, 1.54) is 0 Å². The average molecular weight is 315 g/mol. The number of fused-ring (bicyclic) bond motifs is 1. The van der Waals surface area contributed by atoms with E-state index in [1.807, 2.05) is 36.4 Å². The largest absolute Gasteiger partial charge is 0.493 e. The maximum absolute atomic E-state index is 5.54. The highest BCUT2D eigenvalue weighted by Gasteiger charge is 2.17. The van der Waals surface area contributed by atoms with E-state index in [0.717, 1.165) is 34.1 Å². The van der Waals surface area contributed by atoms with Gasteiger partial charge in [0.2, 0.25) is 6.79 Å². The number of hydrogen-bond donors (Lipinski definition) is 1. The first-order chi connectivity index (χ1) is 11.2. The quantitative estimate of drug-likeness (QED) is 0.886. The Bertz CT molecular complexity index is 687. The van der Waals surface area contributed by atoms with Crippen LogP contribution >= 0.6 is 0 Å². The van der Waals surface area contributed by atoms with Gasteiger partial charge in [0.15, 0.2) is 23.0 Å². The second kappa shape index (κ2) is 6.79. The molecule has 0 fully saturated rings. The van der Waals surface area contributed by atoms with E-state index < -0.39 is 0 Å². The van der Waals surface area contributed by atoms with Crippen molar-refractivity contribution in [2.45, 2.75) is 19.5 Å². The van der Waals surface area contributed by atoms with Crippen molar-refractivity contribution in [3.8, 4) is 23.0 Å². The fourth-order valence-electron chi connectivity index (χ4n) is 2.63. The number of ether oxygens (including phenoxy) is 4. The van der Waals surface area contributed by atoms with Crippen LogP contribution < -0.4 is 24.3 Å². The molecule has 5 heteroatoms. The standard InChI is InChI=1S/C18H21NO4/c1-12(13-7-8-15(20-2)17(9-13)21-3)19-10-14-5-4-6-16-18(14)23-11-22-16/h4-9,12,19H,10-11H2,1-3H3/t12-/m1/s1. The van der Waals surface area contributed by atoms with Crippen molar-refractivity contribution in [2.24, 2.45) is 0 Å². The van der Waals surface area contributed by atoms with Crippen LogP contribution in [-0.4, -0.2) is 21.0 Å². The van der Waals surface area contributed by atoms with Gasteiger partial charge in [0, 0.05) is 18.2 Å². The molecule has 0 aromatic heterocycles. The summed E-state index contributed by atoms with van der Waals surface area (Å²) >= 11 is 0. The molecule has 0 radical (unpaired) electrons. The van der Waals surface area contributed by atoms with Crippen LogP contribution in [0.4, 0.5) is 0 Å². The summed E-state index contributed by atoms with van der Waals surface area (Å²) in [6, 6.07) is 12.0. The van der Waals surface area contributed by atoms with E-state index in [9.17, 15) is 0 Å². The van der Waals surface area contributed by atoms with Gasteiger partial charge in [0.25, 0.3) is 0 Å². The van der Waals surface area contributed by atoms with Gasteiger partial charge in [-0.3, -0.25) is 0 Å². The Morgan fingerprint density at radius 2 is 1.91 bits per heavy atom. The lowest BCUT2D eigenvalue weighted by Crippen LogP contribution is -2.18. The Kier molecular flexibility index (Phi) is 4.57. The van der Waals surface area contributed by atoms with Crippen molar-refractivity contribution < 1.29 is 18.9 Å². The summed E-state index contributed by atoms with van der Waals surface area (Å²) in [5, 5.41) is 3.50. The molecule has 2 aromatic carbocycles. The smallest absolute Gasteiger partial charge is 0.231 e. The zero-order valence-electron chi connectivity index (χ0n) is 13.6. The predicted molar refractivity (Wildman–Crippen MR) is 87.4 cm³/mol. The van der Waals surface area contributed by atoms with Gasteiger partial charge in [-0.1, -0.05) is 18.2 Å². The van der Waals surface area contributed by atoms with Crippen LogP contribution in [-0.2, 0) is 6.54 Å². The zero-order valence-corrected chi connectivity index (χ0v) is 13.6. The third-order valence-corrected chi connectivity index (χ3v) is 3.98. The molecular formula is C18H21NO4. The normalized spacial score (nSPS) is 13.7. The van der Waals surface area contributed by atoms with Gasteiger partial charge < -0.3 is 24.3 Å². The van der Waals surface area contributed by atoms with E-state index in [2.05, 4.69) is 12.2 Å². The molecule has 0 saturated heterocycles. The van der Waals surface area contributed by atoms with Crippen LogP contribution in [0, 0.1) is 0 Å². The third-order valence-electron chi connectivity index (χ3n) is 3.98. The molecule has 1 heterocycles. The summed E-state index contributed by atoms with van der Waals surface area (Å²) in [7, 11) is 3.28. The summed E-state index contributed by atoms with van der Waals surface area (Å²) in [5.41, 5.74) is 2.22. The summed E-state index contributed by atoms with van der Waals surface area (Å²) in [4.78, 5) is 0. The fraction of sp³-hybridized carbons (Fsp3) is 0.333. The predicted octanol–water partition coefficient (Wildman–Crippen LogP) is 3.28. The van der Waals surface area contributed by atoms with Gasteiger partial charge in [0.1, 0.15) is 0 Å². The maximum atomic E-state index is 5.54. The van der Waals surface area contributed by atoms with Gasteiger partial charge >= 0.3 is 0 Å². The number of methoxy groups -OCH3 is 2. The molecule has 0 bridgehead atoms. The fourth-order valence-corrected chi connectivity index (χ4v) is 2.63. The van der Waals surface area contributed by atoms with Crippen LogP contribution in [0.15, 0.2) is 36.4 Å². The minimum Gasteiger partial charge on any atom is -0.493 e. The molecule has 0 aliphatic carbocycles. The average Bonchev–Trinajstić information content (AvgIpc) is 3.08. The molecular weight excluding hydrogens is 294 g/mol. The Labute approximate surface area is 136 Å². The third kappa shape index (κ3) is 3.19. The first-order valence-corrected chi connectivity index (χ1v) is 7.55. The molecule has 0 spiro atoms. The minimum atomic E-state index is 0.160. The second-order valence-corrected chi connectivity index (χ2v) is 5.37. The van der Waals surface area contributed by atoms with E-state index >= 15 is 0 Å². The van der Waals surface area contributed by atoms with Crippen LogP contribution in [0.25, 0.3) is 0 Å². The summed E-state index contributed by atoms with van der Waals surface area (Å²) in [5.74, 6) is 3.11. The lowest BCUT2D eigenvalue weighted by Gasteiger charge is -2.17. The summed E-state index contributed by atoms with van der Waals surface area (Å²) in [6.45, 7) is 3.10. The van der Waals surface area contributed by atoms with Gasteiger partial charge in [-0.25, -0.2) is 0 Å². The SMILES string of the molecule is COc1ccc([C@@H](C)NCc2cccc3c2OCO3)cc1OC. The molecule has 1 N–H and O–H groups in total. The van der Waals surface area contributed by atoms with Crippen molar-refractivity contribution in [1.29, 1.82) is 0 Å². The maximum Gasteiger partial charge on any atom is 0.231 e. The lowest BCUT2D eigenvalue weighted by atomic mass is 10.1. The molecule has 0 saturated carbocycles. The monoisotopic (exact) mass is 315 g/mol. The highest BCUT2D eigenvalue weighted by molar-refractivity contribution is 5.48. The topological polar surface area (TPSA) is 49.0 Å². The van der Waals surface area contributed by atoms with E-state index in [4.69, 9.17) is 18.9 Å². The molecule has 1 aliphatic heterocycles. The molecule has 5 nitrogen and oxygen atoms in total. The first kappa shape index (κ1) is 15.5. The lowest BCUT2D eigenvalue weighted by molar-refractivity contribution is 0.173. The Hall–Kier alpha value is -2.40. The van der Waals surface area contributed by atoms with Gasteiger partial charge in [-0.2, -0.15) is 0 Å². The Morgan fingerprint density at radius 3 is 2.70 bits per heavy atom. The van der Waals surface area contributed by atoms with Crippen molar-refractivity contribution >= 4 is 0 Å². The molecule has 1 atom stereocenters. The summed E-state index contributed by atoms with van der Waals surface area (Å²) < 4.78 is 21.6. The molecule has 0 unspecified atom stereocenters. The van der Waals surface area contributed by atoms with Crippen molar-refractivity contribution in [3.05, 3.63) is 47.5 Å². The van der Waals surface area contributed by atoms with Crippen molar-refractivity contribution in [3.63, 3.8) is 0 Å². The number of para-hydroxylation sites is 1. The van der Waals surface area contributed by atoms with E-state index in [-0.39, 0.29) is 12.8 Å². The number of benzene rings is 2. The number of nitrogens with one attached hydrogen (secondary N) is 1.